The van der Waals surface area contributed by atoms with Crippen LogP contribution < -0.4 is 0 Å². The number of aliphatic hydroxyl groups is 1. The van der Waals surface area contributed by atoms with E-state index >= 15 is 0 Å². The van der Waals surface area contributed by atoms with E-state index in [1.165, 1.54) is 0 Å². The lowest BCUT2D eigenvalue weighted by atomic mass is 10.2. The van der Waals surface area contributed by atoms with Crippen LogP contribution in [0.2, 0.25) is 0 Å². The second-order valence-electron chi connectivity index (χ2n) is 3.59. The first-order chi connectivity index (χ1) is 7.69. The molecule has 0 aliphatic rings. The van der Waals surface area contributed by atoms with Gasteiger partial charge in [0.05, 0.1) is 37.4 Å². The first-order valence-electron chi connectivity index (χ1n) is 5.14. The average molecular weight is 224 g/mol. The van der Waals surface area contributed by atoms with Crippen molar-refractivity contribution in [1.82, 2.24) is 15.0 Å². The number of aromatic nitrogens is 3. The van der Waals surface area contributed by atoms with Gasteiger partial charge >= 0.3 is 0 Å². The zero-order valence-corrected chi connectivity index (χ0v) is 9.55. The molecule has 1 atom stereocenters. The van der Waals surface area contributed by atoms with E-state index in [9.17, 15) is 5.11 Å². The Labute approximate surface area is 94.4 Å². The SMILES string of the molecule is COCCc1c(CC#N)nnn1CC(C)O. The third-order valence-electron chi connectivity index (χ3n) is 2.14. The Morgan fingerprint density at radius 1 is 1.62 bits per heavy atom. The summed E-state index contributed by atoms with van der Waals surface area (Å²) in [6, 6.07) is 2.05. The van der Waals surface area contributed by atoms with Crippen molar-refractivity contribution in [3.8, 4) is 6.07 Å². The maximum absolute atomic E-state index is 9.31. The molecule has 6 heteroatoms. The summed E-state index contributed by atoms with van der Waals surface area (Å²) in [6.45, 7) is 2.62. The second kappa shape index (κ2) is 6.20. The Morgan fingerprint density at radius 3 is 2.94 bits per heavy atom. The minimum Gasteiger partial charge on any atom is -0.391 e. The largest absolute Gasteiger partial charge is 0.391 e. The lowest BCUT2D eigenvalue weighted by molar-refractivity contribution is 0.163. The molecule has 1 N–H and O–H groups in total. The van der Waals surface area contributed by atoms with E-state index in [4.69, 9.17) is 10.00 Å². The maximum Gasteiger partial charge on any atom is 0.100 e. The van der Waals surface area contributed by atoms with E-state index in [-0.39, 0.29) is 6.42 Å². The second-order valence-corrected chi connectivity index (χ2v) is 3.59. The Bertz CT molecular complexity index is 367. The van der Waals surface area contributed by atoms with Crippen LogP contribution in [0.3, 0.4) is 0 Å². The number of methoxy groups -OCH3 is 1. The molecule has 0 radical (unpaired) electrons. The molecule has 0 aliphatic heterocycles. The summed E-state index contributed by atoms with van der Waals surface area (Å²) in [5.74, 6) is 0. The molecular formula is C10H16N4O2. The number of hydrogen-bond donors (Lipinski definition) is 1. The van der Waals surface area contributed by atoms with Crippen molar-refractivity contribution in [1.29, 1.82) is 5.26 Å². The lowest BCUT2D eigenvalue weighted by Gasteiger charge is -2.08. The Morgan fingerprint density at radius 2 is 2.38 bits per heavy atom. The number of hydrogen-bond acceptors (Lipinski definition) is 5. The fraction of sp³-hybridized carbons (Fsp3) is 0.700. The highest BCUT2D eigenvalue weighted by molar-refractivity contribution is 5.14. The maximum atomic E-state index is 9.31. The van der Waals surface area contributed by atoms with Crippen LogP contribution in [0, 0.1) is 11.3 Å². The predicted molar refractivity (Wildman–Crippen MR) is 56.6 cm³/mol. The van der Waals surface area contributed by atoms with Gasteiger partial charge in [-0.25, -0.2) is 4.68 Å². The van der Waals surface area contributed by atoms with Gasteiger partial charge in [0.2, 0.25) is 0 Å². The van der Waals surface area contributed by atoms with Crippen molar-refractivity contribution >= 4 is 0 Å². The molecule has 0 spiro atoms. The summed E-state index contributed by atoms with van der Waals surface area (Å²) in [5, 5.41) is 25.8. The van der Waals surface area contributed by atoms with Gasteiger partial charge in [-0.1, -0.05) is 5.21 Å². The Balaban J connectivity index is 2.85. The Kier molecular flexibility index (Phi) is 4.89. The van der Waals surface area contributed by atoms with E-state index in [2.05, 4.69) is 10.3 Å². The van der Waals surface area contributed by atoms with Crippen LogP contribution in [-0.2, 0) is 24.1 Å². The number of rotatable bonds is 6. The van der Waals surface area contributed by atoms with E-state index in [1.807, 2.05) is 6.07 Å². The van der Waals surface area contributed by atoms with Gasteiger partial charge in [0, 0.05) is 13.5 Å². The summed E-state index contributed by atoms with van der Waals surface area (Å²) in [5.41, 5.74) is 1.53. The van der Waals surface area contributed by atoms with Crippen molar-refractivity contribution in [2.75, 3.05) is 13.7 Å². The van der Waals surface area contributed by atoms with Crippen LogP contribution in [0.25, 0.3) is 0 Å². The highest BCUT2D eigenvalue weighted by Crippen LogP contribution is 2.08. The first-order valence-corrected chi connectivity index (χ1v) is 5.14. The monoisotopic (exact) mass is 224 g/mol. The van der Waals surface area contributed by atoms with Crippen molar-refractivity contribution in [2.24, 2.45) is 0 Å². The smallest absolute Gasteiger partial charge is 0.100 e. The molecule has 1 rings (SSSR count). The Hall–Kier alpha value is -1.45. The third-order valence-corrected chi connectivity index (χ3v) is 2.14. The normalized spacial score (nSPS) is 12.4. The van der Waals surface area contributed by atoms with Crippen LogP contribution in [0.4, 0.5) is 0 Å². The van der Waals surface area contributed by atoms with Gasteiger partial charge in [-0.15, -0.1) is 5.10 Å². The van der Waals surface area contributed by atoms with Crippen LogP contribution in [0.15, 0.2) is 0 Å². The highest BCUT2D eigenvalue weighted by Gasteiger charge is 2.13. The average Bonchev–Trinajstić information content (AvgIpc) is 2.58. The fourth-order valence-electron chi connectivity index (χ4n) is 1.45. The van der Waals surface area contributed by atoms with E-state index in [0.29, 0.717) is 25.3 Å². The molecule has 0 saturated carbocycles. The standard InChI is InChI=1S/C10H16N4O2/c1-8(15)7-14-10(4-6-16-2)9(3-5-11)12-13-14/h8,15H,3-4,6-7H2,1-2H3. The molecule has 0 aliphatic carbocycles. The van der Waals surface area contributed by atoms with E-state index in [0.717, 1.165) is 5.69 Å². The van der Waals surface area contributed by atoms with Crippen LogP contribution in [0.1, 0.15) is 18.3 Å². The van der Waals surface area contributed by atoms with Gasteiger partial charge in [-0.05, 0) is 6.92 Å². The molecule has 0 saturated heterocycles. The van der Waals surface area contributed by atoms with E-state index in [1.54, 1.807) is 18.7 Å². The molecule has 0 bridgehead atoms. The quantitative estimate of drug-likeness (QED) is 0.730. The summed E-state index contributed by atoms with van der Waals surface area (Å²) < 4.78 is 6.63. The molecule has 88 valence electrons. The summed E-state index contributed by atoms with van der Waals surface area (Å²) in [4.78, 5) is 0. The van der Waals surface area contributed by atoms with Gasteiger partial charge in [-0.2, -0.15) is 5.26 Å². The number of nitriles is 1. The van der Waals surface area contributed by atoms with Crippen molar-refractivity contribution < 1.29 is 9.84 Å². The molecule has 6 nitrogen and oxygen atoms in total. The predicted octanol–water partition coefficient (Wildman–Crippen LogP) is -0.0861. The molecule has 16 heavy (non-hydrogen) atoms. The number of aliphatic hydroxyl groups excluding tert-OH is 1. The molecule has 1 aromatic heterocycles. The number of nitrogens with zero attached hydrogens (tertiary/aromatic N) is 4. The minimum absolute atomic E-state index is 0.235. The van der Waals surface area contributed by atoms with Gasteiger partial charge in [-0.3, -0.25) is 0 Å². The summed E-state index contributed by atoms with van der Waals surface area (Å²) in [6.07, 6.45) is 0.393. The molecule has 0 aromatic carbocycles. The van der Waals surface area contributed by atoms with Gasteiger partial charge in [0.1, 0.15) is 5.69 Å². The first kappa shape index (κ1) is 12.6. The van der Waals surface area contributed by atoms with Crippen molar-refractivity contribution in [2.45, 2.75) is 32.4 Å². The summed E-state index contributed by atoms with van der Waals surface area (Å²) >= 11 is 0. The fourth-order valence-corrected chi connectivity index (χ4v) is 1.45. The topological polar surface area (TPSA) is 84.0 Å². The van der Waals surface area contributed by atoms with Crippen molar-refractivity contribution in [3.63, 3.8) is 0 Å². The van der Waals surface area contributed by atoms with Gasteiger partial charge in [0.25, 0.3) is 0 Å². The van der Waals surface area contributed by atoms with Crippen LogP contribution in [-0.4, -0.2) is 39.9 Å². The summed E-state index contributed by atoms with van der Waals surface area (Å²) in [7, 11) is 1.62. The highest BCUT2D eigenvalue weighted by atomic mass is 16.5. The molecule has 1 aromatic rings. The zero-order chi connectivity index (χ0) is 12.0. The van der Waals surface area contributed by atoms with Crippen molar-refractivity contribution in [3.05, 3.63) is 11.4 Å². The van der Waals surface area contributed by atoms with E-state index < -0.39 is 6.10 Å². The minimum atomic E-state index is -0.488. The van der Waals surface area contributed by atoms with Crippen LogP contribution in [0.5, 0.6) is 0 Å². The molecular weight excluding hydrogens is 208 g/mol. The van der Waals surface area contributed by atoms with Gasteiger partial charge < -0.3 is 9.84 Å². The molecule has 1 heterocycles. The molecule has 0 amide bonds. The third kappa shape index (κ3) is 3.29. The lowest BCUT2D eigenvalue weighted by Crippen LogP contribution is -2.16. The zero-order valence-electron chi connectivity index (χ0n) is 9.55. The van der Waals surface area contributed by atoms with Gasteiger partial charge in [0.15, 0.2) is 0 Å². The molecule has 0 fully saturated rings. The van der Waals surface area contributed by atoms with Crippen LogP contribution >= 0.6 is 0 Å². The number of ether oxygens (including phenoxy) is 1. The molecule has 1 unspecified atom stereocenters.